The average molecular weight is 303 g/mol. The molecule has 8 heteroatoms. The second-order valence-corrected chi connectivity index (χ2v) is 5.41. The standard InChI is InChI=1S/C13H13N5O2S/c1-17-6-5-14-10(17)7-18-12-9(3-2-4-15-12)16-13(18)21-8-11(19)20/h2-6H,7-8H2,1H3,(H,19,20). The predicted octanol–water partition coefficient (Wildman–Crippen LogP) is 1.39. The second-order valence-electron chi connectivity index (χ2n) is 4.46. The maximum Gasteiger partial charge on any atom is 0.313 e. The summed E-state index contributed by atoms with van der Waals surface area (Å²) in [6, 6.07) is 3.67. The maximum absolute atomic E-state index is 10.8. The minimum atomic E-state index is -0.872. The number of aromatic nitrogens is 5. The van der Waals surface area contributed by atoms with Crippen molar-refractivity contribution in [3.8, 4) is 0 Å². The van der Waals surface area contributed by atoms with Gasteiger partial charge in [0, 0.05) is 25.6 Å². The minimum Gasteiger partial charge on any atom is -0.481 e. The topological polar surface area (TPSA) is 85.8 Å². The highest BCUT2D eigenvalue weighted by atomic mass is 32.2. The molecular formula is C13H13N5O2S. The van der Waals surface area contributed by atoms with Gasteiger partial charge in [-0.1, -0.05) is 11.8 Å². The Morgan fingerprint density at radius 1 is 1.38 bits per heavy atom. The first kappa shape index (κ1) is 13.6. The third-order valence-corrected chi connectivity index (χ3v) is 3.98. The van der Waals surface area contributed by atoms with Gasteiger partial charge in [0.1, 0.15) is 11.3 Å². The number of aryl methyl sites for hydroxylation is 1. The third-order valence-electron chi connectivity index (χ3n) is 3.01. The number of nitrogens with zero attached hydrogens (tertiary/aromatic N) is 5. The molecule has 1 N–H and O–H groups in total. The van der Waals surface area contributed by atoms with Crippen molar-refractivity contribution in [1.29, 1.82) is 0 Å². The monoisotopic (exact) mass is 303 g/mol. The maximum atomic E-state index is 10.8. The summed E-state index contributed by atoms with van der Waals surface area (Å²) < 4.78 is 3.81. The molecule has 0 radical (unpaired) electrons. The van der Waals surface area contributed by atoms with E-state index in [9.17, 15) is 4.79 Å². The van der Waals surface area contributed by atoms with Crippen LogP contribution in [0.15, 0.2) is 35.9 Å². The zero-order valence-electron chi connectivity index (χ0n) is 11.3. The van der Waals surface area contributed by atoms with Gasteiger partial charge in [0.05, 0.1) is 12.3 Å². The van der Waals surface area contributed by atoms with Gasteiger partial charge in [-0.25, -0.2) is 15.0 Å². The van der Waals surface area contributed by atoms with E-state index >= 15 is 0 Å². The van der Waals surface area contributed by atoms with Crippen LogP contribution in [-0.4, -0.2) is 40.9 Å². The molecule has 3 rings (SSSR count). The molecule has 3 aromatic heterocycles. The predicted molar refractivity (Wildman–Crippen MR) is 78.2 cm³/mol. The summed E-state index contributed by atoms with van der Waals surface area (Å²) in [5, 5.41) is 9.48. The van der Waals surface area contributed by atoms with Crippen LogP contribution in [0.4, 0.5) is 0 Å². The Labute approximate surface area is 124 Å². The Bertz CT molecular complexity index is 795. The Kier molecular flexibility index (Phi) is 3.61. The first-order chi connectivity index (χ1) is 10.1. The molecule has 0 aliphatic rings. The zero-order valence-corrected chi connectivity index (χ0v) is 12.1. The van der Waals surface area contributed by atoms with Gasteiger partial charge < -0.3 is 9.67 Å². The molecule has 0 bridgehead atoms. The summed E-state index contributed by atoms with van der Waals surface area (Å²) in [4.78, 5) is 23.9. The number of carboxylic acids is 1. The first-order valence-electron chi connectivity index (χ1n) is 6.27. The fourth-order valence-corrected chi connectivity index (χ4v) is 2.73. The Morgan fingerprint density at radius 3 is 2.95 bits per heavy atom. The molecule has 0 fully saturated rings. The molecule has 0 aromatic carbocycles. The molecule has 7 nitrogen and oxygen atoms in total. The molecule has 3 heterocycles. The number of carbonyl (C=O) groups is 1. The lowest BCUT2D eigenvalue weighted by Gasteiger charge is -2.07. The van der Waals surface area contributed by atoms with Crippen LogP contribution in [0.25, 0.3) is 11.2 Å². The quantitative estimate of drug-likeness (QED) is 0.717. The van der Waals surface area contributed by atoms with Crippen molar-refractivity contribution >= 4 is 28.9 Å². The Balaban J connectivity index is 2.02. The van der Waals surface area contributed by atoms with Gasteiger partial charge >= 0.3 is 5.97 Å². The molecule has 0 atom stereocenters. The summed E-state index contributed by atoms with van der Waals surface area (Å²) in [5.41, 5.74) is 1.48. The highest BCUT2D eigenvalue weighted by Crippen LogP contribution is 2.23. The van der Waals surface area contributed by atoms with Crippen molar-refractivity contribution in [1.82, 2.24) is 24.1 Å². The van der Waals surface area contributed by atoms with Crippen molar-refractivity contribution in [2.75, 3.05) is 5.75 Å². The van der Waals surface area contributed by atoms with Crippen LogP contribution >= 0.6 is 11.8 Å². The molecule has 0 unspecified atom stereocenters. The minimum absolute atomic E-state index is 0.0378. The van der Waals surface area contributed by atoms with Gasteiger partial charge in [-0.15, -0.1) is 0 Å². The van der Waals surface area contributed by atoms with E-state index < -0.39 is 5.97 Å². The number of thioether (sulfide) groups is 1. The lowest BCUT2D eigenvalue weighted by Crippen LogP contribution is -2.08. The highest BCUT2D eigenvalue weighted by molar-refractivity contribution is 7.99. The Morgan fingerprint density at radius 2 is 2.24 bits per heavy atom. The van der Waals surface area contributed by atoms with E-state index in [4.69, 9.17) is 5.11 Å². The average Bonchev–Trinajstić information content (AvgIpc) is 3.02. The first-order valence-corrected chi connectivity index (χ1v) is 7.26. The molecule has 0 saturated carbocycles. The number of fused-ring (bicyclic) bond motifs is 1. The van der Waals surface area contributed by atoms with E-state index in [1.54, 1.807) is 12.4 Å². The normalized spacial score (nSPS) is 11.1. The Hall–Kier alpha value is -2.35. The number of pyridine rings is 1. The van der Waals surface area contributed by atoms with Crippen LogP contribution in [-0.2, 0) is 18.4 Å². The number of imidazole rings is 2. The third kappa shape index (κ3) is 2.75. The molecule has 0 saturated heterocycles. The van der Waals surface area contributed by atoms with E-state index in [0.29, 0.717) is 11.7 Å². The lowest BCUT2D eigenvalue weighted by molar-refractivity contribution is -0.133. The molecule has 0 aliphatic heterocycles. The van der Waals surface area contributed by atoms with Crippen molar-refractivity contribution in [2.24, 2.45) is 7.05 Å². The number of aliphatic carboxylic acids is 1. The van der Waals surface area contributed by atoms with Crippen molar-refractivity contribution in [3.63, 3.8) is 0 Å². The van der Waals surface area contributed by atoms with E-state index in [1.165, 1.54) is 11.8 Å². The molecule has 3 aromatic rings. The van der Waals surface area contributed by atoms with Gasteiger partial charge in [-0.05, 0) is 12.1 Å². The largest absolute Gasteiger partial charge is 0.481 e. The summed E-state index contributed by atoms with van der Waals surface area (Å²) in [7, 11) is 1.92. The molecule has 0 amide bonds. The van der Waals surface area contributed by atoms with E-state index in [-0.39, 0.29) is 5.75 Å². The van der Waals surface area contributed by atoms with E-state index in [0.717, 1.165) is 17.0 Å². The van der Waals surface area contributed by atoms with Crippen LogP contribution in [0.2, 0.25) is 0 Å². The summed E-state index contributed by atoms with van der Waals surface area (Å²) in [5.74, 6) is -0.0511. The molecular weight excluding hydrogens is 290 g/mol. The lowest BCUT2D eigenvalue weighted by atomic mass is 10.4. The zero-order chi connectivity index (χ0) is 14.8. The summed E-state index contributed by atoms with van der Waals surface area (Å²) in [6.45, 7) is 0.499. The van der Waals surface area contributed by atoms with Gasteiger partial charge in [-0.2, -0.15) is 0 Å². The van der Waals surface area contributed by atoms with E-state index in [2.05, 4.69) is 15.0 Å². The molecule has 0 aliphatic carbocycles. The fraction of sp³-hybridized carbons (Fsp3) is 0.231. The summed E-state index contributed by atoms with van der Waals surface area (Å²) >= 11 is 1.18. The van der Waals surface area contributed by atoms with Crippen LogP contribution in [0, 0.1) is 0 Å². The van der Waals surface area contributed by atoms with Crippen LogP contribution in [0.3, 0.4) is 0 Å². The van der Waals surface area contributed by atoms with Gasteiger partial charge in [0.2, 0.25) is 0 Å². The number of carboxylic acid groups (broad SMARTS) is 1. The summed E-state index contributed by atoms with van der Waals surface area (Å²) in [6.07, 6.45) is 5.29. The van der Waals surface area contributed by atoms with E-state index in [1.807, 2.05) is 34.5 Å². The number of rotatable bonds is 5. The van der Waals surface area contributed by atoms with Crippen molar-refractivity contribution in [3.05, 3.63) is 36.5 Å². The smallest absolute Gasteiger partial charge is 0.313 e. The molecule has 21 heavy (non-hydrogen) atoms. The molecule has 0 spiro atoms. The molecule has 108 valence electrons. The number of hydrogen-bond donors (Lipinski definition) is 1. The highest BCUT2D eigenvalue weighted by Gasteiger charge is 2.15. The van der Waals surface area contributed by atoms with Gasteiger partial charge in [0.15, 0.2) is 10.8 Å². The number of hydrogen-bond acceptors (Lipinski definition) is 5. The van der Waals surface area contributed by atoms with Crippen LogP contribution in [0.5, 0.6) is 0 Å². The second kappa shape index (κ2) is 5.57. The van der Waals surface area contributed by atoms with Crippen molar-refractivity contribution in [2.45, 2.75) is 11.7 Å². The van der Waals surface area contributed by atoms with Crippen LogP contribution in [0.1, 0.15) is 5.82 Å². The van der Waals surface area contributed by atoms with Crippen molar-refractivity contribution < 1.29 is 9.90 Å². The fourth-order valence-electron chi connectivity index (χ4n) is 2.01. The SMILES string of the molecule is Cn1ccnc1Cn1c(SCC(=O)O)nc2cccnc21. The van der Waals surface area contributed by atoms with Gasteiger partial charge in [0.25, 0.3) is 0 Å². The van der Waals surface area contributed by atoms with Gasteiger partial charge in [-0.3, -0.25) is 9.36 Å². The van der Waals surface area contributed by atoms with Crippen LogP contribution < -0.4 is 0 Å².